The van der Waals surface area contributed by atoms with Gasteiger partial charge in [-0.1, -0.05) is 0 Å². The summed E-state index contributed by atoms with van der Waals surface area (Å²) in [6, 6.07) is -0.987. The highest BCUT2D eigenvalue weighted by Crippen LogP contribution is 2.19. The number of carbonyl (C=O) groups excluding carboxylic acids is 1. The highest BCUT2D eigenvalue weighted by Gasteiger charge is 2.42. The molecule has 4 N–H and O–H groups in total. The second-order valence-electron chi connectivity index (χ2n) is 3.44. The number of rotatable bonds is 1. The standard InChI is InChI=1S/C8H15NO5/c1-3-6(11)7(12)5(8(13)14-3)9-4(2)10/h3,5-8,11-13H,1-2H3,(H,9,10)/t3-,5+,6-,7+,8+/m1/s1. The molecular weight excluding hydrogens is 190 g/mol. The third kappa shape index (κ3) is 2.21. The summed E-state index contributed by atoms with van der Waals surface area (Å²) in [5.74, 6) is -0.404. The number of carbonyl (C=O) groups is 1. The van der Waals surface area contributed by atoms with Crippen molar-refractivity contribution in [3.8, 4) is 0 Å². The van der Waals surface area contributed by atoms with E-state index in [2.05, 4.69) is 5.32 Å². The fraction of sp³-hybridized carbons (Fsp3) is 0.875. The fourth-order valence-corrected chi connectivity index (χ4v) is 1.44. The minimum absolute atomic E-state index is 0.404. The Hall–Kier alpha value is -0.690. The molecule has 0 aromatic rings. The number of amides is 1. The summed E-state index contributed by atoms with van der Waals surface area (Å²) in [4.78, 5) is 10.7. The van der Waals surface area contributed by atoms with Crippen molar-refractivity contribution in [2.45, 2.75) is 44.5 Å². The fourth-order valence-electron chi connectivity index (χ4n) is 1.44. The maximum atomic E-state index is 10.7. The monoisotopic (exact) mass is 205 g/mol. The third-order valence-corrected chi connectivity index (χ3v) is 2.23. The van der Waals surface area contributed by atoms with Crippen LogP contribution in [-0.2, 0) is 9.53 Å². The highest BCUT2D eigenvalue weighted by atomic mass is 16.6. The van der Waals surface area contributed by atoms with E-state index in [1.807, 2.05) is 0 Å². The summed E-state index contributed by atoms with van der Waals surface area (Å²) in [5.41, 5.74) is 0. The van der Waals surface area contributed by atoms with Crippen LogP contribution in [0, 0.1) is 0 Å². The lowest BCUT2D eigenvalue weighted by molar-refractivity contribution is -0.242. The Morgan fingerprint density at radius 1 is 1.29 bits per heavy atom. The van der Waals surface area contributed by atoms with Crippen molar-refractivity contribution in [2.24, 2.45) is 0 Å². The molecule has 82 valence electrons. The molecule has 0 aliphatic carbocycles. The second-order valence-corrected chi connectivity index (χ2v) is 3.44. The first-order valence-electron chi connectivity index (χ1n) is 4.40. The van der Waals surface area contributed by atoms with Gasteiger partial charge in [-0.15, -0.1) is 0 Å². The zero-order chi connectivity index (χ0) is 10.9. The van der Waals surface area contributed by atoms with Gasteiger partial charge in [0.05, 0.1) is 6.10 Å². The Labute approximate surface area is 81.5 Å². The van der Waals surface area contributed by atoms with Gasteiger partial charge in [0, 0.05) is 6.92 Å². The van der Waals surface area contributed by atoms with E-state index in [1.165, 1.54) is 13.8 Å². The van der Waals surface area contributed by atoms with Crippen molar-refractivity contribution < 1.29 is 24.9 Å². The number of hydrogen-bond acceptors (Lipinski definition) is 5. The van der Waals surface area contributed by atoms with Crippen LogP contribution in [0.15, 0.2) is 0 Å². The van der Waals surface area contributed by atoms with E-state index in [0.717, 1.165) is 0 Å². The van der Waals surface area contributed by atoms with Gasteiger partial charge >= 0.3 is 0 Å². The molecular formula is C8H15NO5. The van der Waals surface area contributed by atoms with Crippen LogP contribution in [0.1, 0.15) is 13.8 Å². The molecule has 1 aliphatic rings. The van der Waals surface area contributed by atoms with Crippen LogP contribution < -0.4 is 5.32 Å². The molecule has 0 aromatic heterocycles. The van der Waals surface area contributed by atoms with Crippen LogP contribution in [-0.4, -0.2) is 51.9 Å². The lowest BCUT2D eigenvalue weighted by atomic mass is 9.98. The van der Waals surface area contributed by atoms with Gasteiger partial charge in [-0.2, -0.15) is 0 Å². The zero-order valence-electron chi connectivity index (χ0n) is 8.04. The molecule has 1 saturated heterocycles. The summed E-state index contributed by atoms with van der Waals surface area (Å²) in [6.45, 7) is 2.78. The largest absolute Gasteiger partial charge is 0.388 e. The molecule has 0 spiro atoms. The van der Waals surface area contributed by atoms with E-state index < -0.39 is 36.6 Å². The zero-order valence-corrected chi connectivity index (χ0v) is 8.04. The van der Waals surface area contributed by atoms with Gasteiger partial charge in [0.2, 0.25) is 5.91 Å². The SMILES string of the molecule is CC(=O)N[C@H]1[C@H](O)[C@H](O)[C@@H](C)O[C@@H]1O. The Morgan fingerprint density at radius 2 is 1.86 bits per heavy atom. The lowest BCUT2D eigenvalue weighted by Crippen LogP contribution is -2.62. The number of hydrogen-bond donors (Lipinski definition) is 4. The van der Waals surface area contributed by atoms with E-state index in [1.54, 1.807) is 0 Å². The van der Waals surface area contributed by atoms with Gasteiger partial charge in [-0.05, 0) is 6.92 Å². The van der Waals surface area contributed by atoms with Crippen molar-refractivity contribution >= 4 is 5.91 Å². The molecule has 0 bridgehead atoms. The topological polar surface area (TPSA) is 99.0 Å². The minimum atomic E-state index is -1.30. The minimum Gasteiger partial charge on any atom is -0.388 e. The van der Waals surface area contributed by atoms with Gasteiger partial charge in [-0.25, -0.2) is 0 Å². The van der Waals surface area contributed by atoms with Gasteiger partial charge in [-0.3, -0.25) is 4.79 Å². The second kappa shape index (κ2) is 4.22. The van der Waals surface area contributed by atoms with Crippen LogP contribution in [0.3, 0.4) is 0 Å². The number of aliphatic hydroxyl groups is 3. The first kappa shape index (κ1) is 11.4. The van der Waals surface area contributed by atoms with Gasteiger partial charge in [0.1, 0.15) is 18.2 Å². The molecule has 0 unspecified atom stereocenters. The third-order valence-electron chi connectivity index (χ3n) is 2.23. The summed E-state index contributed by atoms with van der Waals surface area (Å²) < 4.78 is 4.91. The first-order chi connectivity index (χ1) is 6.43. The molecule has 1 heterocycles. The molecule has 6 heteroatoms. The van der Waals surface area contributed by atoms with E-state index in [4.69, 9.17) is 4.74 Å². The van der Waals surface area contributed by atoms with Crippen LogP contribution >= 0.6 is 0 Å². The molecule has 6 nitrogen and oxygen atoms in total. The summed E-state index contributed by atoms with van der Waals surface area (Å²) in [5, 5.41) is 30.6. The maximum Gasteiger partial charge on any atom is 0.217 e. The van der Waals surface area contributed by atoms with Crippen molar-refractivity contribution in [3.05, 3.63) is 0 Å². The predicted molar refractivity (Wildman–Crippen MR) is 46.2 cm³/mol. The number of aliphatic hydroxyl groups excluding tert-OH is 3. The normalized spacial score (nSPS) is 43.4. The number of nitrogens with one attached hydrogen (secondary N) is 1. The van der Waals surface area contributed by atoms with Crippen molar-refractivity contribution in [2.75, 3.05) is 0 Å². The molecule has 0 radical (unpaired) electrons. The van der Waals surface area contributed by atoms with Gasteiger partial charge < -0.3 is 25.4 Å². The molecule has 1 aliphatic heterocycles. The van der Waals surface area contributed by atoms with E-state index in [0.29, 0.717) is 0 Å². The van der Waals surface area contributed by atoms with Crippen LogP contribution in [0.5, 0.6) is 0 Å². The van der Waals surface area contributed by atoms with Crippen LogP contribution in [0.4, 0.5) is 0 Å². The quantitative estimate of drug-likeness (QED) is 0.395. The molecule has 1 fully saturated rings. The molecule has 0 saturated carbocycles. The van der Waals surface area contributed by atoms with E-state index in [9.17, 15) is 20.1 Å². The van der Waals surface area contributed by atoms with Crippen molar-refractivity contribution in [3.63, 3.8) is 0 Å². The Balaban J connectivity index is 2.68. The average Bonchev–Trinajstić information content (AvgIpc) is 2.09. The highest BCUT2D eigenvalue weighted by molar-refractivity contribution is 5.73. The maximum absolute atomic E-state index is 10.7. The van der Waals surface area contributed by atoms with Gasteiger partial charge in [0.15, 0.2) is 6.29 Å². The molecule has 1 amide bonds. The molecule has 1 rings (SSSR count). The van der Waals surface area contributed by atoms with Crippen LogP contribution in [0.25, 0.3) is 0 Å². The van der Waals surface area contributed by atoms with E-state index >= 15 is 0 Å². The summed E-state index contributed by atoms with van der Waals surface area (Å²) >= 11 is 0. The smallest absolute Gasteiger partial charge is 0.217 e. The lowest BCUT2D eigenvalue weighted by Gasteiger charge is -2.39. The molecule has 0 aromatic carbocycles. The summed E-state index contributed by atoms with van der Waals surface area (Å²) in [6.07, 6.45) is -4.30. The van der Waals surface area contributed by atoms with Crippen molar-refractivity contribution in [1.82, 2.24) is 5.32 Å². The molecule has 5 atom stereocenters. The summed E-state index contributed by atoms with van der Waals surface area (Å²) in [7, 11) is 0. The predicted octanol–water partition coefficient (Wildman–Crippen LogP) is -2.05. The molecule has 14 heavy (non-hydrogen) atoms. The van der Waals surface area contributed by atoms with Gasteiger partial charge in [0.25, 0.3) is 0 Å². The van der Waals surface area contributed by atoms with Crippen molar-refractivity contribution in [1.29, 1.82) is 0 Å². The van der Waals surface area contributed by atoms with Crippen LogP contribution in [0.2, 0.25) is 0 Å². The van der Waals surface area contributed by atoms with E-state index in [-0.39, 0.29) is 0 Å². The number of ether oxygens (including phenoxy) is 1. The Kier molecular flexibility index (Phi) is 3.43. The first-order valence-corrected chi connectivity index (χ1v) is 4.40. The Bertz CT molecular complexity index is 222. The average molecular weight is 205 g/mol. The Morgan fingerprint density at radius 3 is 2.36 bits per heavy atom.